The van der Waals surface area contributed by atoms with E-state index < -0.39 is 10.3 Å². The summed E-state index contributed by atoms with van der Waals surface area (Å²) < 4.78 is 33.9. The standard InChI is InChI=1S/C16H26N2O3S/c1-2-3-4-5-6-7-8-13-16-17-14-11-9-10-12-15(14)18(16)22(19,20)21/h9-12,16-17H,2-8,13H2,1H3,(H,19,20,21). The molecule has 1 aromatic rings. The van der Waals surface area contributed by atoms with E-state index in [4.69, 9.17) is 0 Å². The van der Waals surface area contributed by atoms with E-state index in [1.54, 1.807) is 12.1 Å². The highest BCUT2D eigenvalue weighted by atomic mass is 32.2. The highest BCUT2D eigenvalue weighted by Crippen LogP contribution is 2.37. The molecule has 0 saturated carbocycles. The van der Waals surface area contributed by atoms with Crippen molar-refractivity contribution in [2.45, 2.75) is 64.5 Å². The van der Waals surface area contributed by atoms with Gasteiger partial charge < -0.3 is 5.32 Å². The lowest BCUT2D eigenvalue weighted by atomic mass is 10.1. The van der Waals surface area contributed by atoms with Gasteiger partial charge in [0.25, 0.3) is 0 Å². The van der Waals surface area contributed by atoms with Crippen LogP contribution >= 0.6 is 0 Å². The molecule has 1 aliphatic rings. The molecule has 1 heterocycles. The van der Waals surface area contributed by atoms with Gasteiger partial charge in [0.1, 0.15) is 6.17 Å². The van der Waals surface area contributed by atoms with Crippen molar-refractivity contribution in [2.24, 2.45) is 0 Å². The number of benzene rings is 1. The van der Waals surface area contributed by atoms with Crippen LogP contribution in [0.25, 0.3) is 0 Å². The van der Waals surface area contributed by atoms with E-state index in [1.165, 1.54) is 32.1 Å². The molecule has 1 atom stereocenters. The number of nitrogens with one attached hydrogen (secondary N) is 1. The number of nitrogens with zero attached hydrogens (tertiary/aromatic N) is 1. The van der Waals surface area contributed by atoms with Crippen LogP contribution in [0, 0.1) is 0 Å². The number of unbranched alkanes of at least 4 members (excludes halogenated alkanes) is 6. The molecule has 0 radical (unpaired) electrons. The Balaban J connectivity index is 1.86. The van der Waals surface area contributed by atoms with Crippen molar-refractivity contribution in [2.75, 3.05) is 9.62 Å². The number of hydrogen-bond donors (Lipinski definition) is 2. The van der Waals surface area contributed by atoms with Crippen molar-refractivity contribution < 1.29 is 13.0 Å². The molecule has 22 heavy (non-hydrogen) atoms. The van der Waals surface area contributed by atoms with Gasteiger partial charge in [-0.1, -0.05) is 57.6 Å². The zero-order chi connectivity index (χ0) is 16.0. The fraction of sp³-hybridized carbons (Fsp3) is 0.625. The zero-order valence-electron chi connectivity index (χ0n) is 13.2. The molecule has 0 bridgehead atoms. The first-order valence-corrected chi connectivity index (χ1v) is 9.56. The second-order valence-corrected chi connectivity index (χ2v) is 7.15. The van der Waals surface area contributed by atoms with Gasteiger partial charge in [0.2, 0.25) is 0 Å². The van der Waals surface area contributed by atoms with E-state index in [2.05, 4.69) is 12.2 Å². The van der Waals surface area contributed by atoms with Crippen LogP contribution in [-0.4, -0.2) is 19.1 Å². The van der Waals surface area contributed by atoms with Crippen LogP contribution in [0.3, 0.4) is 0 Å². The summed E-state index contributed by atoms with van der Waals surface area (Å²) >= 11 is 0. The van der Waals surface area contributed by atoms with Gasteiger partial charge in [-0.15, -0.1) is 0 Å². The van der Waals surface area contributed by atoms with E-state index in [0.29, 0.717) is 12.1 Å². The van der Waals surface area contributed by atoms with Gasteiger partial charge in [-0.05, 0) is 25.0 Å². The Hall–Kier alpha value is -1.27. The highest BCUT2D eigenvalue weighted by Gasteiger charge is 2.35. The minimum Gasteiger partial charge on any atom is -0.363 e. The van der Waals surface area contributed by atoms with Crippen LogP contribution in [0.15, 0.2) is 24.3 Å². The van der Waals surface area contributed by atoms with Crippen LogP contribution in [0.5, 0.6) is 0 Å². The SMILES string of the molecule is CCCCCCCCCC1Nc2ccccc2N1S(=O)(=O)O. The van der Waals surface area contributed by atoms with Crippen LogP contribution < -0.4 is 9.62 Å². The van der Waals surface area contributed by atoms with Crippen molar-refractivity contribution in [3.8, 4) is 0 Å². The molecule has 124 valence electrons. The van der Waals surface area contributed by atoms with Crippen molar-refractivity contribution >= 4 is 21.7 Å². The molecule has 1 unspecified atom stereocenters. The van der Waals surface area contributed by atoms with E-state index in [1.807, 2.05) is 12.1 Å². The fourth-order valence-electron chi connectivity index (χ4n) is 2.96. The molecule has 2 N–H and O–H groups in total. The number of para-hydroxylation sites is 2. The average Bonchev–Trinajstić information content (AvgIpc) is 2.84. The van der Waals surface area contributed by atoms with Gasteiger partial charge in [0, 0.05) is 0 Å². The topological polar surface area (TPSA) is 69.6 Å². The molecule has 0 aliphatic carbocycles. The molecule has 0 amide bonds. The molecule has 1 aliphatic heterocycles. The molecule has 2 rings (SSSR count). The van der Waals surface area contributed by atoms with Crippen molar-refractivity contribution in [1.82, 2.24) is 0 Å². The third-order valence-electron chi connectivity index (χ3n) is 4.08. The molecule has 0 fully saturated rings. The van der Waals surface area contributed by atoms with Gasteiger partial charge in [-0.2, -0.15) is 8.42 Å². The second-order valence-electron chi connectivity index (χ2n) is 5.86. The molecule has 6 heteroatoms. The Kier molecular flexibility index (Phi) is 6.08. The molecular formula is C16H26N2O3S. The van der Waals surface area contributed by atoms with Gasteiger partial charge >= 0.3 is 10.3 Å². The van der Waals surface area contributed by atoms with Crippen LogP contribution in [-0.2, 0) is 10.3 Å². The lowest BCUT2D eigenvalue weighted by Crippen LogP contribution is -2.40. The maximum Gasteiger partial charge on any atom is 0.361 e. The fourth-order valence-corrected chi connectivity index (χ4v) is 3.85. The highest BCUT2D eigenvalue weighted by molar-refractivity contribution is 7.87. The van der Waals surface area contributed by atoms with Crippen LogP contribution in [0.4, 0.5) is 11.4 Å². The molecule has 0 saturated heterocycles. The Morgan fingerprint density at radius 2 is 1.73 bits per heavy atom. The quantitative estimate of drug-likeness (QED) is 0.527. The first-order chi connectivity index (χ1) is 10.5. The van der Waals surface area contributed by atoms with E-state index in [0.717, 1.165) is 22.8 Å². The minimum absolute atomic E-state index is 0.386. The summed E-state index contributed by atoms with van der Waals surface area (Å²) in [7, 11) is -4.25. The number of hydrogen-bond acceptors (Lipinski definition) is 3. The summed E-state index contributed by atoms with van der Waals surface area (Å²) in [5.41, 5.74) is 1.28. The molecule has 5 nitrogen and oxygen atoms in total. The van der Waals surface area contributed by atoms with Crippen molar-refractivity contribution in [1.29, 1.82) is 0 Å². The lowest BCUT2D eigenvalue weighted by Gasteiger charge is -2.23. The Bertz CT molecular complexity index is 575. The van der Waals surface area contributed by atoms with Gasteiger partial charge in [0.05, 0.1) is 11.4 Å². The molecular weight excluding hydrogens is 300 g/mol. The third kappa shape index (κ3) is 4.36. The first-order valence-electron chi connectivity index (χ1n) is 8.16. The predicted octanol–water partition coefficient (Wildman–Crippen LogP) is 4.19. The Labute approximate surface area is 133 Å². The summed E-state index contributed by atoms with van der Waals surface area (Å²) in [6, 6.07) is 7.16. The van der Waals surface area contributed by atoms with Crippen molar-refractivity contribution in [3.63, 3.8) is 0 Å². The average molecular weight is 326 g/mol. The smallest absolute Gasteiger partial charge is 0.361 e. The number of rotatable bonds is 9. The van der Waals surface area contributed by atoms with E-state index >= 15 is 0 Å². The minimum atomic E-state index is -4.25. The number of fused-ring (bicyclic) bond motifs is 1. The second kappa shape index (κ2) is 7.83. The monoisotopic (exact) mass is 326 g/mol. The summed E-state index contributed by atoms with van der Waals surface area (Å²) in [5.74, 6) is 0. The zero-order valence-corrected chi connectivity index (χ0v) is 14.0. The molecule has 0 spiro atoms. The summed E-state index contributed by atoms with van der Waals surface area (Å²) in [5, 5.41) is 3.19. The largest absolute Gasteiger partial charge is 0.363 e. The van der Waals surface area contributed by atoms with Gasteiger partial charge in [-0.3, -0.25) is 4.55 Å². The normalized spacial score (nSPS) is 17.4. The van der Waals surface area contributed by atoms with E-state index in [9.17, 15) is 13.0 Å². The Morgan fingerprint density at radius 1 is 1.09 bits per heavy atom. The molecule has 1 aromatic carbocycles. The maximum absolute atomic E-state index is 11.7. The maximum atomic E-state index is 11.7. The lowest BCUT2D eigenvalue weighted by molar-refractivity contribution is 0.467. The van der Waals surface area contributed by atoms with E-state index in [-0.39, 0.29) is 6.17 Å². The van der Waals surface area contributed by atoms with Gasteiger partial charge in [-0.25, -0.2) is 4.31 Å². The number of anilines is 2. The first kappa shape index (κ1) is 17.1. The van der Waals surface area contributed by atoms with Crippen LogP contribution in [0.1, 0.15) is 58.3 Å². The summed E-state index contributed by atoms with van der Waals surface area (Å²) in [4.78, 5) is 0. The summed E-state index contributed by atoms with van der Waals surface area (Å²) in [6.45, 7) is 2.20. The van der Waals surface area contributed by atoms with Crippen molar-refractivity contribution in [3.05, 3.63) is 24.3 Å². The van der Waals surface area contributed by atoms with Gasteiger partial charge in [0.15, 0.2) is 0 Å². The predicted molar refractivity (Wildman–Crippen MR) is 90.5 cm³/mol. The third-order valence-corrected chi connectivity index (χ3v) is 5.02. The molecule has 0 aromatic heterocycles. The van der Waals surface area contributed by atoms with Crippen LogP contribution in [0.2, 0.25) is 0 Å². The summed E-state index contributed by atoms with van der Waals surface area (Å²) in [6.07, 6.45) is 8.59. The Morgan fingerprint density at radius 3 is 2.41 bits per heavy atom.